The Labute approximate surface area is 193 Å². The summed E-state index contributed by atoms with van der Waals surface area (Å²) >= 11 is 0. The van der Waals surface area contributed by atoms with Gasteiger partial charge in [0.25, 0.3) is 5.56 Å². The number of nitrogens with zero attached hydrogens (tertiary/aromatic N) is 4. The minimum Gasteiger partial charge on any atom is -0.494 e. The lowest BCUT2D eigenvalue weighted by atomic mass is 10.0. The number of carbonyl (C=O) groups excluding carboxylic acids is 1. The van der Waals surface area contributed by atoms with Gasteiger partial charge in [-0.25, -0.2) is 9.37 Å². The Morgan fingerprint density at radius 1 is 1.35 bits per heavy atom. The van der Waals surface area contributed by atoms with Crippen molar-refractivity contribution in [2.75, 3.05) is 25.6 Å². The van der Waals surface area contributed by atoms with Crippen molar-refractivity contribution in [1.82, 2.24) is 19.9 Å². The Kier molecular flexibility index (Phi) is 6.25. The number of benzene rings is 1. The molecule has 0 spiro atoms. The van der Waals surface area contributed by atoms with Crippen LogP contribution in [0.15, 0.2) is 41.8 Å². The van der Waals surface area contributed by atoms with E-state index in [1.807, 2.05) is 6.07 Å². The smallest absolute Gasteiger partial charge is 0.259 e. The van der Waals surface area contributed by atoms with Crippen LogP contribution in [0.5, 0.6) is 5.75 Å². The quantitative estimate of drug-likeness (QED) is 0.525. The van der Waals surface area contributed by atoms with Gasteiger partial charge in [0.1, 0.15) is 5.65 Å². The molecule has 1 fully saturated rings. The van der Waals surface area contributed by atoms with Crippen LogP contribution >= 0.6 is 0 Å². The van der Waals surface area contributed by atoms with Crippen LogP contribution in [0.1, 0.15) is 5.56 Å². The molecule has 0 aliphatic carbocycles. The van der Waals surface area contributed by atoms with Gasteiger partial charge in [0.05, 0.1) is 49.6 Å². The molecule has 1 amide bonds. The molecule has 4 rings (SSSR count). The van der Waals surface area contributed by atoms with Gasteiger partial charge >= 0.3 is 0 Å². The SMILES string of the molecule is C=CC(=O)N[C@H]1COC[C@H]1Nc1ncc2cc(-c3cc(C#N)cc(OC)c3F)c(=O)n(C)c2n1. The van der Waals surface area contributed by atoms with Crippen LogP contribution in [-0.4, -0.2) is 52.8 Å². The Morgan fingerprint density at radius 2 is 2.12 bits per heavy atom. The van der Waals surface area contributed by atoms with E-state index in [0.29, 0.717) is 24.2 Å². The number of aromatic nitrogens is 3. The van der Waals surface area contributed by atoms with Gasteiger partial charge in [0.15, 0.2) is 11.6 Å². The molecule has 1 aromatic carbocycles. The molecule has 11 heteroatoms. The number of amides is 1. The van der Waals surface area contributed by atoms with Crippen molar-refractivity contribution in [3.8, 4) is 22.9 Å². The number of halogens is 1. The number of anilines is 1. The van der Waals surface area contributed by atoms with Gasteiger partial charge in [-0.3, -0.25) is 14.2 Å². The monoisotopic (exact) mass is 464 g/mol. The topological polar surface area (TPSA) is 131 Å². The fourth-order valence-electron chi connectivity index (χ4n) is 3.76. The van der Waals surface area contributed by atoms with Crippen LogP contribution in [0.3, 0.4) is 0 Å². The summed E-state index contributed by atoms with van der Waals surface area (Å²) in [6.45, 7) is 4.09. The Morgan fingerprint density at radius 3 is 2.82 bits per heavy atom. The molecule has 0 saturated carbocycles. The van der Waals surface area contributed by atoms with Gasteiger partial charge in [-0.05, 0) is 18.2 Å². The van der Waals surface area contributed by atoms with Crippen molar-refractivity contribution in [2.45, 2.75) is 12.1 Å². The summed E-state index contributed by atoms with van der Waals surface area (Å²) < 4.78 is 26.7. The number of ether oxygens (including phenoxy) is 2. The molecule has 2 N–H and O–H groups in total. The molecule has 1 saturated heterocycles. The molecule has 10 nitrogen and oxygen atoms in total. The third-order valence-corrected chi connectivity index (χ3v) is 5.53. The van der Waals surface area contributed by atoms with Crippen LogP contribution < -0.4 is 20.9 Å². The summed E-state index contributed by atoms with van der Waals surface area (Å²) in [6, 6.07) is 5.40. The lowest BCUT2D eigenvalue weighted by Gasteiger charge is -2.20. The first kappa shape index (κ1) is 22.9. The highest BCUT2D eigenvalue weighted by molar-refractivity contribution is 5.87. The van der Waals surface area contributed by atoms with Crippen LogP contribution in [0.25, 0.3) is 22.2 Å². The fourth-order valence-corrected chi connectivity index (χ4v) is 3.76. The Hall–Kier alpha value is -4.30. The molecule has 0 unspecified atom stereocenters. The van der Waals surface area contributed by atoms with Crippen LogP contribution in [0, 0.1) is 17.1 Å². The van der Waals surface area contributed by atoms with Crippen LogP contribution in [0.4, 0.5) is 10.3 Å². The van der Waals surface area contributed by atoms with Gasteiger partial charge in [-0.2, -0.15) is 10.2 Å². The predicted octanol–water partition coefficient (Wildman–Crippen LogP) is 1.50. The molecule has 34 heavy (non-hydrogen) atoms. The first-order valence-electron chi connectivity index (χ1n) is 10.3. The van der Waals surface area contributed by atoms with Crippen molar-refractivity contribution in [3.05, 3.63) is 58.8 Å². The highest BCUT2D eigenvalue weighted by atomic mass is 19.1. The number of hydrogen-bond acceptors (Lipinski definition) is 8. The number of hydrogen-bond donors (Lipinski definition) is 2. The largest absolute Gasteiger partial charge is 0.494 e. The molecular weight excluding hydrogens is 443 g/mol. The number of aryl methyl sites for hydroxylation is 1. The average molecular weight is 464 g/mol. The normalized spacial score (nSPS) is 17.2. The van der Waals surface area contributed by atoms with E-state index in [9.17, 15) is 19.2 Å². The molecule has 0 radical (unpaired) electrons. The molecule has 2 aromatic heterocycles. The number of nitrogens with one attached hydrogen (secondary N) is 2. The third-order valence-electron chi connectivity index (χ3n) is 5.53. The highest BCUT2D eigenvalue weighted by Crippen LogP contribution is 2.30. The second kappa shape index (κ2) is 9.29. The second-order valence-corrected chi connectivity index (χ2v) is 7.65. The van der Waals surface area contributed by atoms with Gasteiger partial charge in [-0.15, -0.1) is 0 Å². The van der Waals surface area contributed by atoms with Crippen molar-refractivity contribution >= 4 is 22.9 Å². The summed E-state index contributed by atoms with van der Waals surface area (Å²) in [5.74, 6) is -0.959. The average Bonchev–Trinajstić information content (AvgIpc) is 3.28. The summed E-state index contributed by atoms with van der Waals surface area (Å²) in [5.41, 5.74) is -0.0367. The number of carbonyl (C=O) groups is 1. The molecule has 174 valence electrons. The van der Waals surface area contributed by atoms with Crippen molar-refractivity contribution in [2.24, 2.45) is 7.05 Å². The van der Waals surface area contributed by atoms with E-state index in [4.69, 9.17) is 9.47 Å². The number of methoxy groups -OCH3 is 1. The zero-order valence-electron chi connectivity index (χ0n) is 18.5. The molecule has 3 heterocycles. The molecule has 3 aromatic rings. The number of pyridine rings is 1. The van der Waals surface area contributed by atoms with E-state index in [2.05, 4.69) is 27.2 Å². The van der Waals surface area contributed by atoms with E-state index in [1.165, 1.54) is 49.2 Å². The maximum absolute atomic E-state index is 15.0. The fraction of sp³-hybridized carbons (Fsp3) is 0.261. The van der Waals surface area contributed by atoms with Gasteiger partial charge < -0.3 is 20.1 Å². The van der Waals surface area contributed by atoms with Crippen molar-refractivity contribution < 1.29 is 18.7 Å². The standard InChI is InChI=1S/C23H21FN6O4/c1-4-19(31)27-16-10-34-11-17(16)28-23-26-9-13-7-15(22(32)30(2)21(13)29-23)14-5-12(8-25)6-18(33-3)20(14)24/h4-7,9,16-17H,1,10-11H2,2-3H3,(H,27,31)(H,26,28,29)/t16-,17+/m0/s1. The van der Waals surface area contributed by atoms with E-state index in [0.717, 1.165) is 0 Å². The van der Waals surface area contributed by atoms with E-state index < -0.39 is 11.4 Å². The molecular formula is C23H21FN6O4. The van der Waals surface area contributed by atoms with Gasteiger partial charge in [0, 0.05) is 30.3 Å². The zero-order chi connectivity index (χ0) is 24.4. The Balaban J connectivity index is 1.72. The van der Waals surface area contributed by atoms with Crippen LogP contribution in [0.2, 0.25) is 0 Å². The number of fused-ring (bicyclic) bond motifs is 1. The molecule has 1 aliphatic rings. The van der Waals surface area contributed by atoms with Crippen molar-refractivity contribution in [1.29, 1.82) is 5.26 Å². The summed E-state index contributed by atoms with van der Waals surface area (Å²) in [6.07, 6.45) is 2.68. The third kappa shape index (κ3) is 4.18. The molecule has 0 bridgehead atoms. The van der Waals surface area contributed by atoms with E-state index in [-0.39, 0.29) is 46.4 Å². The van der Waals surface area contributed by atoms with Gasteiger partial charge in [-0.1, -0.05) is 6.58 Å². The maximum Gasteiger partial charge on any atom is 0.259 e. The first-order chi connectivity index (χ1) is 16.4. The lowest BCUT2D eigenvalue weighted by Crippen LogP contribution is -2.45. The zero-order valence-corrected chi connectivity index (χ0v) is 18.5. The minimum absolute atomic E-state index is 0.0450. The Bertz CT molecular complexity index is 1400. The summed E-state index contributed by atoms with van der Waals surface area (Å²) in [4.78, 5) is 33.5. The maximum atomic E-state index is 15.0. The van der Waals surface area contributed by atoms with Gasteiger partial charge in [0.2, 0.25) is 11.9 Å². The van der Waals surface area contributed by atoms with E-state index in [1.54, 1.807) is 0 Å². The predicted molar refractivity (Wildman–Crippen MR) is 122 cm³/mol. The van der Waals surface area contributed by atoms with Crippen LogP contribution in [-0.2, 0) is 16.6 Å². The highest BCUT2D eigenvalue weighted by Gasteiger charge is 2.30. The molecule has 1 aliphatic heterocycles. The number of nitriles is 1. The lowest BCUT2D eigenvalue weighted by molar-refractivity contribution is -0.117. The second-order valence-electron chi connectivity index (χ2n) is 7.65. The van der Waals surface area contributed by atoms with Crippen molar-refractivity contribution in [3.63, 3.8) is 0 Å². The summed E-state index contributed by atoms with van der Waals surface area (Å²) in [5, 5.41) is 15.7. The van der Waals surface area contributed by atoms with E-state index >= 15 is 0 Å². The summed E-state index contributed by atoms with van der Waals surface area (Å²) in [7, 11) is 2.80. The number of rotatable bonds is 6. The molecule has 2 atom stereocenters. The minimum atomic E-state index is -0.744. The first-order valence-corrected chi connectivity index (χ1v) is 10.3.